The van der Waals surface area contributed by atoms with Gasteiger partial charge >= 0.3 is 12.4 Å². The van der Waals surface area contributed by atoms with Crippen LogP contribution < -0.4 is 9.80 Å². The van der Waals surface area contributed by atoms with Crippen molar-refractivity contribution in [3.63, 3.8) is 0 Å². The number of rotatable bonds is 3. The lowest BCUT2D eigenvalue weighted by atomic mass is 9.79. The molecule has 2 fully saturated rings. The number of nitrogens with zero attached hydrogens (tertiary/aromatic N) is 8. The van der Waals surface area contributed by atoms with Crippen LogP contribution in [0.1, 0.15) is 17.9 Å². The Bertz CT molecular complexity index is 1200. The van der Waals surface area contributed by atoms with Crippen molar-refractivity contribution in [3.05, 3.63) is 30.0 Å². The fourth-order valence-corrected chi connectivity index (χ4v) is 4.43. The first-order chi connectivity index (χ1) is 15.4. The second-order valence-corrected chi connectivity index (χ2v) is 8.57. The van der Waals surface area contributed by atoms with Crippen LogP contribution in [0.4, 0.5) is 38.0 Å². The number of alkyl halides is 6. The van der Waals surface area contributed by atoms with E-state index < -0.39 is 24.7 Å². The first-order valence-electron chi connectivity index (χ1n) is 10.1. The highest BCUT2D eigenvalue weighted by Crippen LogP contribution is 2.43. The molecule has 0 aromatic carbocycles. The monoisotopic (exact) mass is 472 g/mol. The van der Waals surface area contributed by atoms with Crippen molar-refractivity contribution in [3.8, 4) is 0 Å². The number of aromatic nitrogens is 6. The van der Waals surface area contributed by atoms with Gasteiger partial charge in [0.15, 0.2) is 5.65 Å². The summed E-state index contributed by atoms with van der Waals surface area (Å²) in [6.45, 7) is 2.43. The van der Waals surface area contributed by atoms with E-state index in [1.165, 1.54) is 25.4 Å². The van der Waals surface area contributed by atoms with Crippen molar-refractivity contribution in [2.45, 2.75) is 32.2 Å². The lowest BCUT2D eigenvalue weighted by Gasteiger charge is -2.48. The maximum absolute atomic E-state index is 13.0. The molecule has 0 amide bonds. The molecule has 5 heterocycles. The van der Waals surface area contributed by atoms with Gasteiger partial charge in [0.2, 0.25) is 5.82 Å². The molecular weight excluding hydrogens is 454 g/mol. The molecule has 2 aliphatic heterocycles. The fourth-order valence-electron chi connectivity index (χ4n) is 4.43. The van der Waals surface area contributed by atoms with Gasteiger partial charge in [0, 0.05) is 43.4 Å². The Morgan fingerprint density at radius 3 is 2.36 bits per heavy atom. The molecule has 3 aromatic heterocycles. The highest BCUT2D eigenvalue weighted by molar-refractivity contribution is 5.71. The topological polar surface area (TPSA) is 75.9 Å². The third-order valence-corrected chi connectivity index (χ3v) is 5.89. The normalized spacial score (nSPS) is 18.4. The Balaban J connectivity index is 1.31. The van der Waals surface area contributed by atoms with Crippen molar-refractivity contribution < 1.29 is 26.3 Å². The van der Waals surface area contributed by atoms with Gasteiger partial charge in [-0.1, -0.05) is 0 Å². The zero-order valence-electron chi connectivity index (χ0n) is 17.3. The van der Waals surface area contributed by atoms with E-state index in [0.29, 0.717) is 32.0 Å². The van der Waals surface area contributed by atoms with Crippen LogP contribution in [0.3, 0.4) is 0 Å². The minimum absolute atomic E-state index is 0.0529. The predicted molar refractivity (Wildman–Crippen MR) is 105 cm³/mol. The average molecular weight is 472 g/mol. The SMILES string of the molecule is Cc1cc(N2CC3(CCN(c4cnc5cnn(CC(F)(F)F)c5n4)C3)C2)nc(C(F)(F)F)n1. The molecule has 0 unspecified atom stereocenters. The summed E-state index contributed by atoms with van der Waals surface area (Å²) in [5.74, 6) is -0.485. The Kier molecular flexibility index (Phi) is 4.69. The van der Waals surface area contributed by atoms with Crippen molar-refractivity contribution in [2.24, 2.45) is 5.41 Å². The van der Waals surface area contributed by atoms with Gasteiger partial charge in [-0.25, -0.2) is 24.6 Å². The van der Waals surface area contributed by atoms with Crippen LogP contribution in [-0.2, 0) is 12.7 Å². The highest BCUT2D eigenvalue weighted by Gasteiger charge is 2.49. The average Bonchev–Trinajstić information content (AvgIpc) is 3.29. The number of fused-ring (bicyclic) bond motifs is 1. The number of hydrogen-bond donors (Lipinski definition) is 0. The lowest BCUT2D eigenvalue weighted by molar-refractivity contribution is -0.145. The van der Waals surface area contributed by atoms with Crippen molar-refractivity contribution in [1.82, 2.24) is 29.7 Å². The molecular formula is C19H18F6N8. The first-order valence-corrected chi connectivity index (χ1v) is 10.1. The van der Waals surface area contributed by atoms with Gasteiger partial charge in [0.25, 0.3) is 0 Å². The van der Waals surface area contributed by atoms with Gasteiger partial charge < -0.3 is 9.80 Å². The quantitative estimate of drug-likeness (QED) is 0.542. The summed E-state index contributed by atoms with van der Waals surface area (Å²) in [4.78, 5) is 19.4. The van der Waals surface area contributed by atoms with E-state index in [1.54, 1.807) is 4.90 Å². The molecule has 176 valence electrons. The molecule has 8 nitrogen and oxygen atoms in total. The number of aryl methyl sites for hydroxylation is 1. The molecule has 2 aliphatic rings. The Morgan fingerprint density at radius 1 is 0.939 bits per heavy atom. The Morgan fingerprint density at radius 2 is 1.67 bits per heavy atom. The molecule has 0 saturated carbocycles. The third kappa shape index (κ3) is 4.13. The van der Waals surface area contributed by atoms with Gasteiger partial charge in [-0.05, 0) is 13.3 Å². The molecule has 0 N–H and O–H groups in total. The number of hydrogen-bond acceptors (Lipinski definition) is 7. The van der Waals surface area contributed by atoms with Crippen LogP contribution in [0.25, 0.3) is 11.2 Å². The van der Waals surface area contributed by atoms with E-state index >= 15 is 0 Å². The minimum Gasteiger partial charge on any atom is -0.355 e. The van der Waals surface area contributed by atoms with E-state index in [0.717, 1.165) is 11.1 Å². The first kappa shape index (κ1) is 21.6. The van der Waals surface area contributed by atoms with Crippen LogP contribution in [0.5, 0.6) is 0 Å². The number of anilines is 2. The Labute approximate surface area is 183 Å². The van der Waals surface area contributed by atoms with E-state index in [9.17, 15) is 26.3 Å². The van der Waals surface area contributed by atoms with Crippen LogP contribution in [0, 0.1) is 12.3 Å². The summed E-state index contributed by atoms with van der Waals surface area (Å²) in [6, 6.07) is 1.52. The molecule has 33 heavy (non-hydrogen) atoms. The van der Waals surface area contributed by atoms with Crippen LogP contribution in [0.2, 0.25) is 0 Å². The van der Waals surface area contributed by atoms with Crippen molar-refractivity contribution in [1.29, 1.82) is 0 Å². The summed E-state index contributed by atoms with van der Waals surface area (Å²) in [5, 5.41) is 3.73. The maximum atomic E-state index is 13.0. The zero-order valence-corrected chi connectivity index (χ0v) is 17.3. The summed E-state index contributed by atoms with van der Waals surface area (Å²) in [7, 11) is 0. The molecule has 1 spiro atoms. The smallest absolute Gasteiger partial charge is 0.355 e. The van der Waals surface area contributed by atoms with Crippen LogP contribution in [-0.4, -0.2) is 62.1 Å². The molecule has 0 bridgehead atoms. The largest absolute Gasteiger partial charge is 0.451 e. The van der Waals surface area contributed by atoms with E-state index in [4.69, 9.17) is 0 Å². The Hall–Kier alpha value is -3.19. The van der Waals surface area contributed by atoms with Crippen LogP contribution in [0.15, 0.2) is 18.5 Å². The van der Waals surface area contributed by atoms with Gasteiger partial charge in [-0.3, -0.25) is 0 Å². The van der Waals surface area contributed by atoms with E-state index in [1.807, 2.05) is 4.90 Å². The van der Waals surface area contributed by atoms with Gasteiger partial charge in [-0.15, -0.1) is 0 Å². The lowest BCUT2D eigenvalue weighted by Crippen LogP contribution is -2.58. The summed E-state index contributed by atoms with van der Waals surface area (Å²) in [5.41, 5.74) is 0.393. The van der Waals surface area contributed by atoms with Crippen LogP contribution >= 0.6 is 0 Å². The van der Waals surface area contributed by atoms with E-state index in [2.05, 4.69) is 25.0 Å². The van der Waals surface area contributed by atoms with Gasteiger partial charge in [-0.2, -0.15) is 31.4 Å². The standard InChI is InChI=1S/C19H18F6N8/c1-11-4-13(30-16(28-11)19(23,24)25)32-8-17(9-32)2-3-31(7-17)14-6-26-12-5-27-33(15(12)29-14)10-18(20,21)22/h4-6H,2-3,7-10H2,1H3. The maximum Gasteiger partial charge on any atom is 0.451 e. The summed E-state index contributed by atoms with van der Waals surface area (Å²) < 4.78 is 78.3. The number of halogens is 6. The summed E-state index contributed by atoms with van der Waals surface area (Å²) >= 11 is 0. The molecule has 5 rings (SSSR count). The summed E-state index contributed by atoms with van der Waals surface area (Å²) in [6.07, 6.45) is -5.55. The molecule has 14 heteroatoms. The molecule has 0 aliphatic carbocycles. The molecule has 3 aromatic rings. The zero-order chi connectivity index (χ0) is 23.6. The van der Waals surface area contributed by atoms with E-state index in [-0.39, 0.29) is 28.1 Å². The van der Waals surface area contributed by atoms with Gasteiger partial charge in [0.05, 0.1) is 12.4 Å². The molecule has 2 saturated heterocycles. The minimum atomic E-state index is -4.62. The second-order valence-electron chi connectivity index (χ2n) is 8.57. The van der Waals surface area contributed by atoms with Crippen molar-refractivity contribution >= 4 is 22.8 Å². The highest BCUT2D eigenvalue weighted by atomic mass is 19.4. The third-order valence-electron chi connectivity index (χ3n) is 5.89. The molecule has 0 radical (unpaired) electrons. The van der Waals surface area contributed by atoms with Crippen molar-refractivity contribution in [2.75, 3.05) is 36.0 Å². The van der Waals surface area contributed by atoms with Gasteiger partial charge in [0.1, 0.15) is 23.7 Å². The predicted octanol–water partition coefficient (Wildman–Crippen LogP) is 3.22. The molecule has 0 atom stereocenters. The fraction of sp³-hybridized carbons (Fsp3) is 0.526. The second kappa shape index (κ2) is 7.15.